The number of H-pyrrole nitrogens is 1. The van der Waals surface area contributed by atoms with E-state index < -0.39 is 0 Å². The minimum atomic E-state index is 0.826. The number of hydrogen-bond donors (Lipinski definition) is 1. The normalized spacial score (nSPS) is 14.8. The zero-order chi connectivity index (χ0) is 13.5. The quantitative estimate of drug-likeness (QED) is 0.671. The van der Waals surface area contributed by atoms with Crippen molar-refractivity contribution in [2.75, 3.05) is 0 Å². The Morgan fingerprint density at radius 3 is 2.60 bits per heavy atom. The van der Waals surface area contributed by atoms with Crippen LogP contribution in [-0.2, 0) is 6.42 Å². The fourth-order valence-electron chi connectivity index (χ4n) is 2.89. The number of fused-ring (bicyclic) bond motifs is 1. The minimum Gasteiger partial charge on any atom is -0.361 e. The smallest absolute Gasteiger partial charge is 0.0502 e. The first kappa shape index (κ1) is 12.0. The van der Waals surface area contributed by atoms with Crippen molar-refractivity contribution in [1.82, 2.24) is 4.98 Å². The predicted octanol–water partition coefficient (Wildman–Crippen LogP) is 5.29. The van der Waals surface area contributed by atoms with Gasteiger partial charge in [-0.25, -0.2) is 0 Å². The van der Waals surface area contributed by atoms with Crippen LogP contribution in [0.4, 0.5) is 0 Å². The number of halogens is 1. The monoisotopic (exact) mass is 281 g/mol. The Morgan fingerprint density at radius 2 is 1.85 bits per heavy atom. The van der Waals surface area contributed by atoms with Crippen LogP contribution >= 0.6 is 11.6 Å². The van der Waals surface area contributed by atoms with Crippen molar-refractivity contribution in [3.63, 3.8) is 0 Å². The molecule has 0 bridgehead atoms. The van der Waals surface area contributed by atoms with Crippen molar-refractivity contribution in [2.24, 2.45) is 0 Å². The third-order valence-corrected chi connectivity index (χ3v) is 4.47. The van der Waals surface area contributed by atoms with Gasteiger partial charge in [0.1, 0.15) is 0 Å². The van der Waals surface area contributed by atoms with Gasteiger partial charge < -0.3 is 4.98 Å². The summed E-state index contributed by atoms with van der Waals surface area (Å²) in [6.45, 7) is 0. The zero-order valence-electron chi connectivity index (χ0n) is 11.2. The topological polar surface area (TPSA) is 15.8 Å². The molecule has 0 unspecified atom stereocenters. The number of hydrogen-bond acceptors (Lipinski definition) is 0. The highest BCUT2D eigenvalue weighted by atomic mass is 35.5. The summed E-state index contributed by atoms with van der Waals surface area (Å²) >= 11 is 6.32. The fraction of sp³-hybridized carbons (Fsp3) is 0.222. The summed E-state index contributed by atoms with van der Waals surface area (Å²) in [6, 6.07) is 15.1. The molecule has 0 radical (unpaired) electrons. The molecule has 2 heteroatoms. The van der Waals surface area contributed by atoms with E-state index in [0.29, 0.717) is 0 Å². The highest BCUT2D eigenvalue weighted by molar-refractivity contribution is 6.35. The number of aromatic nitrogens is 1. The summed E-state index contributed by atoms with van der Waals surface area (Å²) < 4.78 is 0. The molecule has 0 amide bonds. The van der Waals surface area contributed by atoms with E-state index in [0.717, 1.165) is 28.3 Å². The molecule has 0 spiro atoms. The van der Waals surface area contributed by atoms with Crippen LogP contribution in [0, 0.1) is 0 Å². The van der Waals surface area contributed by atoms with Gasteiger partial charge in [0.2, 0.25) is 0 Å². The SMILES string of the molecule is Clc1cccc2[nH]cc(Cc3ccc(C4CC4)cc3)c12. The van der Waals surface area contributed by atoms with Crippen molar-refractivity contribution >= 4 is 22.5 Å². The summed E-state index contributed by atoms with van der Waals surface area (Å²) in [4.78, 5) is 3.30. The summed E-state index contributed by atoms with van der Waals surface area (Å²) in [6.07, 6.45) is 5.72. The lowest BCUT2D eigenvalue weighted by Crippen LogP contribution is -1.88. The van der Waals surface area contributed by atoms with Crippen molar-refractivity contribution in [3.05, 3.63) is 70.4 Å². The van der Waals surface area contributed by atoms with E-state index in [2.05, 4.69) is 41.5 Å². The average molecular weight is 282 g/mol. The number of nitrogens with one attached hydrogen (secondary N) is 1. The second kappa shape index (κ2) is 4.68. The van der Waals surface area contributed by atoms with Crippen LogP contribution < -0.4 is 0 Å². The standard InChI is InChI=1S/C18H16ClN/c19-16-2-1-3-17-18(16)15(11-20-17)10-12-4-6-13(7-5-12)14-8-9-14/h1-7,11,14,20H,8-10H2. The molecule has 0 atom stereocenters. The molecular formula is C18H16ClN. The largest absolute Gasteiger partial charge is 0.361 e. The van der Waals surface area contributed by atoms with Crippen LogP contribution in [0.15, 0.2) is 48.7 Å². The second-order valence-electron chi connectivity index (χ2n) is 5.67. The Bertz CT molecular complexity index is 751. The predicted molar refractivity (Wildman–Crippen MR) is 84.5 cm³/mol. The summed E-state index contributed by atoms with van der Waals surface area (Å²) in [5, 5.41) is 1.98. The lowest BCUT2D eigenvalue weighted by Gasteiger charge is -2.04. The lowest BCUT2D eigenvalue weighted by molar-refractivity contribution is 1.11. The third kappa shape index (κ3) is 2.12. The molecule has 3 aromatic rings. The van der Waals surface area contributed by atoms with Crippen LogP contribution in [0.1, 0.15) is 35.4 Å². The summed E-state index contributed by atoms with van der Waals surface area (Å²) in [5.41, 5.74) is 5.22. The van der Waals surface area contributed by atoms with Crippen LogP contribution in [0.3, 0.4) is 0 Å². The van der Waals surface area contributed by atoms with Gasteiger partial charge in [-0.15, -0.1) is 0 Å². The average Bonchev–Trinajstić information content (AvgIpc) is 3.23. The minimum absolute atomic E-state index is 0.826. The van der Waals surface area contributed by atoms with Crippen LogP contribution in [-0.4, -0.2) is 4.98 Å². The zero-order valence-corrected chi connectivity index (χ0v) is 12.0. The molecule has 20 heavy (non-hydrogen) atoms. The van der Waals surface area contributed by atoms with Gasteiger partial charge in [-0.1, -0.05) is 41.9 Å². The maximum Gasteiger partial charge on any atom is 0.0502 e. The van der Waals surface area contributed by atoms with Crippen LogP contribution in [0.25, 0.3) is 10.9 Å². The first-order valence-corrected chi connectivity index (χ1v) is 7.52. The fourth-order valence-corrected chi connectivity index (χ4v) is 3.19. The summed E-state index contributed by atoms with van der Waals surface area (Å²) in [5.74, 6) is 0.826. The Balaban J connectivity index is 1.66. The highest BCUT2D eigenvalue weighted by Crippen LogP contribution is 2.40. The van der Waals surface area contributed by atoms with E-state index in [1.54, 1.807) is 0 Å². The van der Waals surface area contributed by atoms with Gasteiger partial charge in [-0.05, 0) is 54.0 Å². The van der Waals surface area contributed by atoms with Gasteiger partial charge in [0, 0.05) is 17.1 Å². The number of aromatic amines is 1. The van der Waals surface area contributed by atoms with Crippen molar-refractivity contribution in [1.29, 1.82) is 0 Å². The molecule has 1 nitrogen and oxygen atoms in total. The van der Waals surface area contributed by atoms with Gasteiger partial charge in [-0.3, -0.25) is 0 Å². The first-order valence-electron chi connectivity index (χ1n) is 7.14. The molecule has 1 aliphatic rings. The first-order chi connectivity index (χ1) is 9.81. The Morgan fingerprint density at radius 1 is 1.05 bits per heavy atom. The van der Waals surface area contributed by atoms with Crippen molar-refractivity contribution in [2.45, 2.75) is 25.2 Å². The Kier molecular flexibility index (Phi) is 2.82. The second-order valence-corrected chi connectivity index (χ2v) is 6.08. The van der Waals surface area contributed by atoms with Gasteiger partial charge in [0.25, 0.3) is 0 Å². The molecule has 1 aliphatic carbocycles. The van der Waals surface area contributed by atoms with E-state index in [9.17, 15) is 0 Å². The molecule has 1 fully saturated rings. The summed E-state index contributed by atoms with van der Waals surface area (Å²) in [7, 11) is 0. The number of benzene rings is 2. The van der Waals surface area contributed by atoms with E-state index in [-0.39, 0.29) is 0 Å². The maximum atomic E-state index is 6.32. The molecule has 0 saturated heterocycles. The molecule has 1 N–H and O–H groups in total. The maximum absolute atomic E-state index is 6.32. The molecule has 2 aromatic carbocycles. The van der Waals surface area contributed by atoms with E-state index in [1.807, 2.05) is 12.1 Å². The van der Waals surface area contributed by atoms with Gasteiger partial charge in [0.05, 0.1) is 5.02 Å². The Hall–Kier alpha value is -1.73. The van der Waals surface area contributed by atoms with Crippen molar-refractivity contribution in [3.8, 4) is 0 Å². The molecule has 1 saturated carbocycles. The molecular weight excluding hydrogens is 266 g/mol. The van der Waals surface area contributed by atoms with Gasteiger partial charge in [-0.2, -0.15) is 0 Å². The molecule has 0 aliphatic heterocycles. The van der Waals surface area contributed by atoms with Gasteiger partial charge in [0.15, 0.2) is 0 Å². The lowest BCUT2D eigenvalue weighted by atomic mass is 10.0. The molecule has 100 valence electrons. The van der Waals surface area contributed by atoms with E-state index >= 15 is 0 Å². The van der Waals surface area contributed by atoms with Crippen molar-refractivity contribution < 1.29 is 0 Å². The highest BCUT2D eigenvalue weighted by Gasteiger charge is 2.22. The van der Waals surface area contributed by atoms with E-state index in [4.69, 9.17) is 11.6 Å². The van der Waals surface area contributed by atoms with Crippen LogP contribution in [0.5, 0.6) is 0 Å². The third-order valence-electron chi connectivity index (χ3n) is 4.16. The molecule has 1 aromatic heterocycles. The van der Waals surface area contributed by atoms with Gasteiger partial charge >= 0.3 is 0 Å². The molecule has 1 heterocycles. The van der Waals surface area contributed by atoms with Crippen LogP contribution in [0.2, 0.25) is 5.02 Å². The Labute approximate surface area is 123 Å². The number of rotatable bonds is 3. The molecule has 4 rings (SSSR count). The van der Waals surface area contributed by atoms with E-state index in [1.165, 1.54) is 29.5 Å².